The highest BCUT2D eigenvalue weighted by Crippen LogP contribution is 2.41. The van der Waals surface area contributed by atoms with Crippen molar-refractivity contribution >= 4 is 0 Å². The molecule has 19 heavy (non-hydrogen) atoms. The summed E-state index contributed by atoms with van der Waals surface area (Å²) >= 11 is 0. The van der Waals surface area contributed by atoms with Gasteiger partial charge >= 0.3 is 6.18 Å². The summed E-state index contributed by atoms with van der Waals surface area (Å²) in [5.74, 6) is -0.157. The molecule has 1 saturated carbocycles. The Hall–Kier alpha value is -1.10. The molecule has 5 heteroatoms. The molecule has 0 spiro atoms. The van der Waals surface area contributed by atoms with Crippen molar-refractivity contribution in [1.29, 1.82) is 0 Å². The molecule has 0 aliphatic heterocycles. The van der Waals surface area contributed by atoms with Gasteiger partial charge in [-0.15, -0.1) is 0 Å². The quantitative estimate of drug-likeness (QED) is 0.790. The van der Waals surface area contributed by atoms with Crippen LogP contribution in [0.4, 0.5) is 17.6 Å². The molecule has 1 atom stereocenters. The largest absolute Gasteiger partial charge is 0.416 e. The van der Waals surface area contributed by atoms with Crippen LogP contribution in [-0.4, -0.2) is 6.54 Å². The van der Waals surface area contributed by atoms with Crippen LogP contribution in [0.1, 0.15) is 43.4 Å². The first-order chi connectivity index (χ1) is 8.91. The van der Waals surface area contributed by atoms with Crippen molar-refractivity contribution in [2.75, 3.05) is 6.54 Å². The Labute approximate surface area is 110 Å². The Morgan fingerprint density at radius 1 is 1.32 bits per heavy atom. The zero-order chi connectivity index (χ0) is 14.0. The first-order valence-electron chi connectivity index (χ1n) is 6.51. The highest BCUT2D eigenvalue weighted by molar-refractivity contribution is 5.33. The number of benzene rings is 1. The molecule has 1 fully saturated rings. The van der Waals surface area contributed by atoms with E-state index in [4.69, 9.17) is 0 Å². The van der Waals surface area contributed by atoms with Crippen LogP contribution in [0.2, 0.25) is 0 Å². The highest BCUT2D eigenvalue weighted by atomic mass is 19.4. The number of hydrogen-bond acceptors (Lipinski definition) is 1. The van der Waals surface area contributed by atoms with Crippen molar-refractivity contribution in [2.24, 2.45) is 5.92 Å². The molecule has 0 amide bonds. The van der Waals surface area contributed by atoms with Gasteiger partial charge in [-0.05, 0) is 42.6 Å². The standard InChI is InChI=1S/C14H17F4N/c1-2-19-13(7-9-3-4-9)11-8-10(15)5-6-12(11)14(16,17)18/h5-6,8-9,13,19H,2-4,7H2,1H3. The maximum absolute atomic E-state index is 13.3. The molecule has 0 heterocycles. The van der Waals surface area contributed by atoms with Gasteiger partial charge in [-0.3, -0.25) is 0 Å². The van der Waals surface area contributed by atoms with Crippen molar-refractivity contribution in [3.05, 3.63) is 35.1 Å². The summed E-state index contributed by atoms with van der Waals surface area (Å²) in [4.78, 5) is 0. The van der Waals surface area contributed by atoms with Crippen molar-refractivity contribution in [3.63, 3.8) is 0 Å². The Morgan fingerprint density at radius 2 is 2.00 bits per heavy atom. The van der Waals surface area contributed by atoms with Crippen LogP contribution in [-0.2, 0) is 6.18 Å². The molecule has 1 unspecified atom stereocenters. The van der Waals surface area contributed by atoms with E-state index in [1.54, 1.807) is 0 Å². The lowest BCUT2D eigenvalue weighted by Gasteiger charge is -2.22. The maximum Gasteiger partial charge on any atom is 0.416 e. The molecule has 0 saturated heterocycles. The maximum atomic E-state index is 13.3. The van der Waals surface area contributed by atoms with E-state index in [9.17, 15) is 17.6 Å². The molecule has 1 nitrogen and oxygen atoms in total. The molecule has 1 aliphatic carbocycles. The summed E-state index contributed by atoms with van der Waals surface area (Å²) < 4.78 is 52.2. The Morgan fingerprint density at radius 3 is 2.53 bits per heavy atom. The van der Waals surface area contributed by atoms with Gasteiger partial charge in [-0.1, -0.05) is 19.8 Å². The molecule has 106 valence electrons. The smallest absolute Gasteiger partial charge is 0.310 e. The molecule has 1 aliphatic rings. The predicted octanol–water partition coefficient (Wildman–Crippen LogP) is 4.30. The van der Waals surface area contributed by atoms with Crippen LogP contribution >= 0.6 is 0 Å². The minimum Gasteiger partial charge on any atom is -0.310 e. The summed E-state index contributed by atoms with van der Waals surface area (Å²) in [5.41, 5.74) is -0.707. The fourth-order valence-electron chi connectivity index (χ4n) is 2.33. The third-order valence-corrected chi connectivity index (χ3v) is 3.41. The van der Waals surface area contributed by atoms with Crippen molar-refractivity contribution < 1.29 is 17.6 Å². The van der Waals surface area contributed by atoms with E-state index in [2.05, 4.69) is 5.32 Å². The van der Waals surface area contributed by atoms with E-state index in [1.165, 1.54) is 0 Å². The summed E-state index contributed by atoms with van der Waals surface area (Å²) in [6.45, 7) is 2.40. The molecular weight excluding hydrogens is 258 g/mol. The van der Waals surface area contributed by atoms with Crippen molar-refractivity contribution in [3.8, 4) is 0 Å². The van der Waals surface area contributed by atoms with Crippen LogP contribution in [0.15, 0.2) is 18.2 Å². The van der Waals surface area contributed by atoms with E-state index in [0.717, 1.165) is 31.0 Å². The molecule has 0 aromatic heterocycles. The number of halogens is 4. The summed E-state index contributed by atoms with van der Waals surface area (Å²) in [5, 5.41) is 3.04. The third-order valence-electron chi connectivity index (χ3n) is 3.41. The second kappa shape index (κ2) is 5.49. The van der Waals surface area contributed by atoms with E-state index >= 15 is 0 Å². The lowest BCUT2D eigenvalue weighted by atomic mass is 9.95. The fourth-order valence-corrected chi connectivity index (χ4v) is 2.33. The number of rotatable bonds is 5. The van der Waals surface area contributed by atoms with Gasteiger partial charge in [0, 0.05) is 6.04 Å². The summed E-state index contributed by atoms with van der Waals surface area (Å²) in [7, 11) is 0. The molecule has 1 aromatic rings. The van der Waals surface area contributed by atoms with Crippen LogP contribution in [0.5, 0.6) is 0 Å². The van der Waals surface area contributed by atoms with Gasteiger partial charge in [-0.2, -0.15) is 13.2 Å². The van der Waals surface area contributed by atoms with Gasteiger partial charge in [0.15, 0.2) is 0 Å². The lowest BCUT2D eigenvalue weighted by molar-refractivity contribution is -0.138. The number of hydrogen-bond donors (Lipinski definition) is 1. The molecule has 1 aromatic carbocycles. The minimum absolute atomic E-state index is 0.0289. The summed E-state index contributed by atoms with van der Waals surface area (Å²) in [6.07, 6.45) is -1.70. The van der Waals surface area contributed by atoms with E-state index in [-0.39, 0.29) is 5.56 Å². The van der Waals surface area contributed by atoms with E-state index < -0.39 is 23.6 Å². The first-order valence-corrected chi connectivity index (χ1v) is 6.51. The van der Waals surface area contributed by atoms with E-state index in [0.29, 0.717) is 18.9 Å². The Bertz CT molecular complexity index is 438. The molecule has 1 N–H and O–H groups in total. The average molecular weight is 275 g/mol. The molecule has 0 radical (unpaired) electrons. The van der Waals surface area contributed by atoms with Gasteiger partial charge < -0.3 is 5.32 Å². The van der Waals surface area contributed by atoms with Gasteiger partial charge in [0.2, 0.25) is 0 Å². The topological polar surface area (TPSA) is 12.0 Å². The molecule has 2 rings (SSSR count). The van der Waals surface area contributed by atoms with E-state index in [1.807, 2.05) is 6.92 Å². The Kier molecular flexibility index (Phi) is 4.13. The third kappa shape index (κ3) is 3.69. The minimum atomic E-state index is -4.44. The average Bonchev–Trinajstić information content (AvgIpc) is 3.10. The second-order valence-corrected chi connectivity index (χ2v) is 5.02. The van der Waals surface area contributed by atoms with Crippen molar-refractivity contribution in [1.82, 2.24) is 5.32 Å². The van der Waals surface area contributed by atoms with Crippen LogP contribution in [0.25, 0.3) is 0 Å². The fraction of sp³-hybridized carbons (Fsp3) is 0.571. The zero-order valence-corrected chi connectivity index (χ0v) is 10.7. The molecule has 0 bridgehead atoms. The second-order valence-electron chi connectivity index (χ2n) is 5.02. The Balaban J connectivity index is 2.34. The van der Waals surface area contributed by atoms with Crippen LogP contribution in [0, 0.1) is 11.7 Å². The summed E-state index contributed by atoms with van der Waals surface area (Å²) in [6, 6.07) is 2.29. The SMILES string of the molecule is CCNC(CC1CC1)c1cc(F)ccc1C(F)(F)F. The highest BCUT2D eigenvalue weighted by Gasteiger charge is 2.36. The lowest BCUT2D eigenvalue weighted by Crippen LogP contribution is -2.24. The van der Waals surface area contributed by atoms with Crippen molar-refractivity contribution in [2.45, 2.75) is 38.4 Å². The van der Waals surface area contributed by atoms with Crippen LogP contribution < -0.4 is 5.32 Å². The van der Waals surface area contributed by atoms with Crippen LogP contribution in [0.3, 0.4) is 0 Å². The monoisotopic (exact) mass is 275 g/mol. The number of alkyl halides is 3. The van der Waals surface area contributed by atoms with Gasteiger partial charge in [0.25, 0.3) is 0 Å². The zero-order valence-electron chi connectivity index (χ0n) is 10.7. The normalized spacial score (nSPS) is 17.5. The van der Waals surface area contributed by atoms with Gasteiger partial charge in [0.1, 0.15) is 5.82 Å². The van der Waals surface area contributed by atoms with Gasteiger partial charge in [0.05, 0.1) is 5.56 Å². The van der Waals surface area contributed by atoms with Gasteiger partial charge in [-0.25, -0.2) is 4.39 Å². The first kappa shape index (κ1) is 14.3. The predicted molar refractivity (Wildman–Crippen MR) is 65.2 cm³/mol. The molecular formula is C14H17F4N. The number of nitrogens with one attached hydrogen (secondary N) is 1.